The number of aliphatic hydroxyl groups is 1. The molecule has 0 fully saturated rings. The van der Waals surface area contributed by atoms with E-state index in [0.717, 1.165) is 21.3 Å². The van der Waals surface area contributed by atoms with Gasteiger partial charge in [0.05, 0.1) is 13.0 Å². The number of nitrogens with one attached hydrogen (secondary N) is 2. The molecule has 3 rings (SSSR count). The standard InChI is InChI=1S/C17H18N2O2S/c1-17(21,15-7-4-8-22-15)11-19-16(20)9-12-10-18-14-6-3-2-5-13(12)14/h2-8,10,18,21H,9,11H2,1H3,(H,19,20). The fourth-order valence-corrected chi connectivity index (χ4v) is 3.24. The van der Waals surface area contributed by atoms with Gasteiger partial charge in [0.1, 0.15) is 5.60 Å². The second-order valence-electron chi connectivity index (χ2n) is 5.56. The van der Waals surface area contributed by atoms with E-state index in [-0.39, 0.29) is 12.5 Å². The second kappa shape index (κ2) is 5.94. The summed E-state index contributed by atoms with van der Waals surface area (Å²) in [4.78, 5) is 16.1. The summed E-state index contributed by atoms with van der Waals surface area (Å²) < 4.78 is 0. The summed E-state index contributed by atoms with van der Waals surface area (Å²) in [5, 5.41) is 16.2. The van der Waals surface area contributed by atoms with Gasteiger partial charge in [-0.05, 0) is 30.0 Å². The van der Waals surface area contributed by atoms with Crippen LogP contribution >= 0.6 is 11.3 Å². The van der Waals surface area contributed by atoms with Crippen LogP contribution in [0.1, 0.15) is 17.4 Å². The van der Waals surface area contributed by atoms with E-state index in [1.807, 2.05) is 48.0 Å². The molecule has 0 saturated heterocycles. The highest BCUT2D eigenvalue weighted by molar-refractivity contribution is 7.10. The van der Waals surface area contributed by atoms with Crippen LogP contribution in [-0.2, 0) is 16.8 Å². The van der Waals surface area contributed by atoms with Crippen molar-refractivity contribution < 1.29 is 9.90 Å². The molecule has 1 amide bonds. The Morgan fingerprint density at radius 1 is 1.32 bits per heavy atom. The first-order valence-corrected chi connectivity index (χ1v) is 8.02. The molecule has 0 aliphatic heterocycles. The quantitative estimate of drug-likeness (QED) is 0.678. The minimum Gasteiger partial charge on any atom is -0.383 e. The fourth-order valence-electron chi connectivity index (χ4n) is 2.46. The molecule has 2 heterocycles. The average molecular weight is 314 g/mol. The summed E-state index contributed by atoms with van der Waals surface area (Å²) in [6, 6.07) is 11.7. The molecule has 3 N–H and O–H groups in total. The first-order chi connectivity index (χ1) is 10.6. The maximum absolute atomic E-state index is 12.1. The Hall–Kier alpha value is -2.11. The zero-order chi connectivity index (χ0) is 15.6. The summed E-state index contributed by atoms with van der Waals surface area (Å²) >= 11 is 1.48. The molecule has 114 valence electrons. The summed E-state index contributed by atoms with van der Waals surface area (Å²) in [6.45, 7) is 1.92. The molecule has 1 aromatic carbocycles. The molecule has 3 aromatic rings. The van der Waals surface area contributed by atoms with E-state index in [9.17, 15) is 9.90 Å². The number of aromatic amines is 1. The van der Waals surface area contributed by atoms with Gasteiger partial charge in [0, 0.05) is 22.0 Å². The molecule has 4 nitrogen and oxygen atoms in total. The highest BCUT2D eigenvalue weighted by Gasteiger charge is 2.24. The van der Waals surface area contributed by atoms with Crippen LogP contribution in [0, 0.1) is 0 Å². The van der Waals surface area contributed by atoms with Crippen molar-refractivity contribution in [1.29, 1.82) is 0 Å². The molecule has 1 unspecified atom stereocenters. The van der Waals surface area contributed by atoms with E-state index in [1.165, 1.54) is 11.3 Å². The number of fused-ring (bicyclic) bond motifs is 1. The third kappa shape index (κ3) is 3.05. The van der Waals surface area contributed by atoms with Crippen LogP contribution in [-0.4, -0.2) is 22.5 Å². The van der Waals surface area contributed by atoms with Crippen molar-refractivity contribution in [1.82, 2.24) is 10.3 Å². The van der Waals surface area contributed by atoms with E-state index in [2.05, 4.69) is 10.3 Å². The van der Waals surface area contributed by atoms with Gasteiger partial charge in [0.15, 0.2) is 0 Å². The molecule has 0 radical (unpaired) electrons. The number of rotatable bonds is 5. The summed E-state index contributed by atoms with van der Waals surface area (Å²) in [5.41, 5.74) is 0.948. The van der Waals surface area contributed by atoms with E-state index >= 15 is 0 Å². The van der Waals surface area contributed by atoms with Crippen LogP contribution in [0.25, 0.3) is 10.9 Å². The van der Waals surface area contributed by atoms with Crippen LogP contribution < -0.4 is 5.32 Å². The Balaban J connectivity index is 1.63. The molecule has 0 saturated carbocycles. The predicted octanol–water partition coefficient (Wildman–Crippen LogP) is 2.80. The van der Waals surface area contributed by atoms with E-state index in [4.69, 9.17) is 0 Å². The smallest absolute Gasteiger partial charge is 0.224 e. The fraction of sp³-hybridized carbons (Fsp3) is 0.235. The van der Waals surface area contributed by atoms with E-state index < -0.39 is 5.60 Å². The van der Waals surface area contributed by atoms with Gasteiger partial charge >= 0.3 is 0 Å². The number of amides is 1. The molecular formula is C17H18N2O2S. The topological polar surface area (TPSA) is 65.1 Å². The zero-order valence-corrected chi connectivity index (χ0v) is 13.1. The Bertz CT molecular complexity index is 775. The van der Waals surface area contributed by atoms with Crippen LogP contribution in [0.3, 0.4) is 0 Å². The summed E-state index contributed by atoms with van der Waals surface area (Å²) in [5.74, 6) is -0.0958. The molecule has 22 heavy (non-hydrogen) atoms. The molecule has 0 bridgehead atoms. The van der Waals surface area contributed by atoms with Crippen LogP contribution in [0.4, 0.5) is 0 Å². The number of hydrogen-bond acceptors (Lipinski definition) is 3. The normalized spacial score (nSPS) is 13.9. The van der Waals surface area contributed by atoms with Crippen LogP contribution in [0.2, 0.25) is 0 Å². The number of carbonyl (C=O) groups excluding carboxylic acids is 1. The highest BCUT2D eigenvalue weighted by Crippen LogP contribution is 2.24. The van der Waals surface area contributed by atoms with Gasteiger partial charge in [-0.2, -0.15) is 0 Å². The lowest BCUT2D eigenvalue weighted by Crippen LogP contribution is -2.38. The maximum atomic E-state index is 12.1. The van der Waals surface area contributed by atoms with Gasteiger partial charge in [-0.1, -0.05) is 24.3 Å². The SMILES string of the molecule is CC(O)(CNC(=O)Cc1c[nH]c2ccccc12)c1cccs1. The van der Waals surface area contributed by atoms with Crippen molar-refractivity contribution in [2.75, 3.05) is 6.54 Å². The third-order valence-corrected chi connectivity index (χ3v) is 4.83. The molecule has 0 aliphatic rings. The van der Waals surface area contributed by atoms with E-state index in [1.54, 1.807) is 6.92 Å². The maximum Gasteiger partial charge on any atom is 0.224 e. The monoisotopic (exact) mass is 314 g/mol. The zero-order valence-electron chi connectivity index (χ0n) is 12.3. The first kappa shape index (κ1) is 14.8. The lowest BCUT2D eigenvalue weighted by molar-refractivity contribution is -0.121. The van der Waals surface area contributed by atoms with E-state index in [0.29, 0.717) is 6.42 Å². The summed E-state index contributed by atoms with van der Waals surface area (Å²) in [7, 11) is 0. The Morgan fingerprint density at radius 2 is 2.14 bits per heavy atom. The van der Waals surface area contributed by atoms with Gasteiger partial charge in [0.25, 0.3) is 0 Å². The van der Waals surface area contributed by atoms with Crippen molar-refractivity contribution >= 4 is 28.1 Å². The van der Waals surface area contributed by atoms with Crippen molar-refractivity contribution in [2.24, 2.45) is 0 Å². The number of H-pyrrole nitrogens is 1. The van der Waals surface area contributed by atoms with Gasteiger partial charge < -0.3 is 15.4 Å². The Kier molecular flexibility index (Phi) is 4.00. The largest absolute Gasteiger partial charge is 0.383 e. The van der Waals surface area contributed by atoms with Crippen molar-refractivity contribution in [3.8, 4) is 0 Å². The molecule has 0 spiro atoms. The van der Waals surface area contributed by atoms with Crippen molar-refractivity contribution in [3.63, 3.8) is 0 Å². The number of para-hydroxylation sites is 1. The van der Waals surface area contributed by atoms with Gasteiger partial charge in [-0.25, -0.2) is 0 Å². The third-order valence-electron chi connectivity index (χ3n) is 3.71. The van der Waals surface area contributed by atoms with Crippen molar-refractivity contribution in [3.05, 3.63) is 58.4 Å². The average Bonchev–Trinajstić information content (AvgIpc) is 3.16. The first-order valence-electron chi connectivity index (χ1n) is 7.14. The number of aromatic nitrogens is 1. The molecule has 0 aliphatic carbocycles. The summed E-state index contributed by atoms with van der Waals surface area (Å²) in [6.07, 6.45) is 2.16. The van der Waals surface area contributed by atoms with Crippen molar-refractivity contribution in [2.45, 2.75) is 18.9 Å². The minimum absolute atomic E-state index is 0.0958. The molecule has 2 aromatic heterocycles. The number of hydrogen-bond donors (Lipinski definition) is 3. The minimum atomic E-state index is -1.04. The number of benzene rings is 1. The number of carbonyl (C=O) groups is 1. The van der Waals surface area contributed by atoms with Gasteiger partial charge in [-0.15, -0.1) is 11.3 Å². The Labute approximate surface area is 132 Å². The lowest BCUT2D eigenvalue weighted by atomic mass is 10.0. The van der Waals surface area contributed by atoms with Crippen LogP contribution in [0.5, 0.6) is 0 Å². The lowest BCUT2D eigenvalue weighted by Gasteiger charge is -2.22. The van der Waals surface area contributed by atoms with Crippen LogP contribution in [0.15, 0.2) is 48.0 Å². The van der Waals surface area contributed by atoms with Gasteiger partial charge in [0.2, 0.25) is 5.91 Å². The molecule has 1 atom stereocenters. The predicted molar refractivity (Wildman–Crippen MR) is 88.9 cm³/mol. The number of thiophene rings is 1. The Morgan fingerprint density at radius 3 is 2.91 bits per heavy atom. The second-order valence-corrected chi connectivity index (χ2v) is 6.51. The highest BCUT2D eigenvalue weighted by atomic mass is 32.1. The molecule has 5 heteroatoms. The van der Waals surface area contributed by atoms with Gasteiger partial charge in [-0.3, -0.25) is 4.79 Å². The molecular weight excluding hydrogens is 296 g/mol.